The van der Waals surface area contributed by atoms with Crippen LogP contribution < -0.4 is 4.74 Å². The number of hydrogen-bond acceptors (Lipinski definition) is 6. The molecule has 1 saturated carbocycles. The molecule has 6 heteroatoms. The Morgan fingerprint density at radius 2 is 2.14 bits per heavy atom. The van der Waals surface area contributed by atoms with Crippen LogP contribution in [0.3, 0.4) is 0 Å². The molecule has 0 aliphatic heterocycles. The molecule has 2 aliphatic rings. The molecular formula is C16H19NO5. The van der Waals surface area contributed by atoms with Crippen LogP contribution in [-0.4, -0.2) is 42.2 Å². The molecule has 6 nitrogen and oxygen atoms in total. The molecule has 0 radical (unpaired) electrons. The minimum atomic E-state index is -1.36. The molecule has 0 saturated heterocycles. The van der Waals surface area contributed by atoms with Crippen molar-refractivity contribution in [3.63, 3.8) is 0 Å². The molecule has 1 N–H and O–H groups in total. The number of esters is 1. The van der Waals surface area contributed by atoms with E-state index in [9.17, 15) is 14.7 Å². The average Bonchev–Trinajstić information content (AvgIpc) is 2.53. The van der Waals surface area contributed by atoms with Crippen LogP contribution in [0.5, 0.6) is 5.88 Å². The second-order valence-electron chi connectivity index (χ2n) is 6.09. The first-order valence-electron chi connectivity index (χ1n) is 7.31. The van der Waals surface area contributed by atoms with E-state index in [0.29, 0.717) is 23.6 Å². The second-order valence-corrected chi connectivity index (χ2v) is 6.09. The number of carbonyl (C=O) groups excluding carboxylic acids is 2. The molecule has 2 bridgehead atoms. The van der Waals surface area contributed by atoms with Crippen molar-refractivity contribution >= 4 is 11.8 Å². The van der Waals surface area contributed by atoms with Crippen molar-refractivity contribution in [2.75, 3.05) is 14.2 Å². The summed E-state index contributed by atoms with van der Waals surface area (Å²) in [6.45, 7) is 1.85. The van der Waals surface area contributed by atoms with Gasteiger partial charge in [0, 0.05) is 12.5 Å². The standard InChI is InChI=1S/C16H19NO5/c1-8-7-16(15(20)22-3)10-4-5-12(21-2)17-11(10)6-9(13(8)18)14(16)19/h4-5,8-9,13,18H,6-7H2,1-3H3/t8-,9-,13+,16+/m1/s1. The normalized spacial score (nSPS) is 33.1. The number of fused-ring (bicyclic) bond motifs is 4. The highest BCUT2D eigenvalue weighted by molar-refractivity contribution is 6.12. The van der Waals surface area contributed by atoms with Crippen LogP contribution in [0, 0.1) is 11.8 Å². The van der Waals surface area contributed by atoms with Crippen LogP contribution in [0.25, 0.3) is 0 Å². The summed E-state index contributed by atoms with van der Waals surface area (Å²) in [5.74, 6) is -1.21. The number of aliphatic hydroxyl groups excluding tert-OH is 1. The molecule has 0 aromatic carbocycles. The molecule has 3 rings (SSSR count). The summed E-state index contributed by atoms with van der Waals surface area (Å²) in [6, 6.07) is 3.36. The van der Waals surface area contributed by atoms with Gasteiger partial charge in [0.1, 0.15) is 0 Å². The van der Waals surface area contributed by atoms with Crippen molar-refractivity contribution in [2.45, 2.75) is 31.3 Å². The van der Waals surface area contributed by atoms with Gasteiger partial charge >= 0.3 is 5.97 Å². The van der Waals surface area contributed by atoms with E-state index in [-0.39, 0.29) is 18.1 Å². The van der Waals surface area contributed by atoms with Crippen molar-refractivity contribution < 1.29 is 24.2 Å². The lowest BCUT2D eigenvalue weighted by molar-refractivity contribution is -0.161. The first kappa shape index (κ1) is 15.0. The van der Waals surface area contributed by atoms with E-state index < -0.39 is 23.4 Å². The second kappa shape index (κ2) is 5.05. The largest absolute Gasteiger partial charge is 0.481 e. The fourth-order valence-electron chi connectivity index (χ4n) is 3.84. The van der Waals surface area contributed by atoms with E-state index in [2.05, 4.69) is 4.98 Å². The van der Waals surface area contributed by atoms with Crippen LogP contribution in [0.2, 0.25) is 0 Å². The zero-order valence-electron chi connectivity index (χ0n) is 12.8. The number of nitrogens with zero attached hydrogens (tertiary/aromatic N) is 1. The van der Waals surface area contributed by atoms with Crippen molar-refractivity contribution in [3.05, 3.63) is 23.4 Å². The third-order valence-corrected chi connectivity index (χ3v) is 4.95. The summed E-state index contributed by atoms with van der Waals surface area (Å²) in [7, 11) is 2.79. The predicted octanol–water partition coefficient (Wildman–Crippen LogP) is 0.643. The lowest BCUT2D eigenvalue weighted by atomic mass is 9.56. The molecule has 4 atom stereocenters. The Balaban J connectivity index is 2.24. The molecule has 1 fully saturated rings. The number of carbonyl (C=O) groups is 2. The van der Waals surface area contributed by atoms with Gasteiger partial charge in [0.05, 0.1) is 31.9 Å². The van der Waals surface area contributed by atoms with Crippen LogP contribution in [-0.2, 0) is 26.2 Å². The number of pyridine rings is 1. The summed E-state index contributed by atoms with van der Waals surface area (Å²) in [5, 5.41) is 10.3. The summed E-state index contributed by atoms with van der Waals surface area (Å²) >= 11 is 0. The van der Waals surface area contributed by atoms with Gasteiger partial charge in [0.15, 0.2) is 11.2 Å². The number of ketones is 1. The third-order valence-electron chi connectivity index (χ3n) is 4.95. The molecular weight excluding hydrogens is 286 g/mol. The van der Waals surface area contributed by atoms with Crippen molar-refractivity contribution in [1.29, 1.82) is 0 Å². The molecule has 118 valence electrons. The number of ether oxygens (including phenoxy) is 2. The predicted molar refractivity (Wildman–Crippen MR) is 76.5 cm³/mol. The minimum absolute atomic E-state index is 0.169. The average molecular weight is 305 g/mol. The lowest BCUT2D eigenvalue weighted by Gasteiger charge is -2.46. The monoisotopic (exact) mass is 305 g/mol. The molecule has 0 unspecified atom stereocenters. The van der Waals surface area contributed by atoms with Gasteiger partial charge in [-0.25, -0.2) is 4.98 Å². The fraction of sp³-hybridized carbons (Fsp3) is 0.562. The van der Waals surface area contributed by atoms with E-state index >= 15 is 0 Å². The Labute approximate surface area is 128 Å². The van der Waals surface area contributed by atoms with E-state index in [1.807, 2.05) is 6.92 Å². The van der Waals surface area contributed by atoms with E-state index in [0.717, 1.165) is 0 Å². The van der Waals surface area contributed by atoms with Gasteiger partial charge in [-0.05, 0) is 17.9 Å². The minimum Gasteiger partial charge on any atom is -0.481 e. The molecule has 0 spiro atoms. The first-order chi connectivity index (χ1) is 10.5. The van der Waals surface area contributed by atoms with Gasteiger partial charge in [-0.3, -0.25) is 9.59 Å². The molecule has 1 aromatic rings. The summed E-state index contributed by atoms with van der Waals surface area (Å²) < 4.78 is 10.1. The van der Waals surface area contributed by atoms with Gasteiger partial charge in [-0.2, -0.15) is 0 Å². The number of aliphatic hydroxyl groups is 1. The Hall–Kier alpha value is -1.95. The van der Waals surface area contributed by atoms with Crippen molar-refractivity contribution in [1.82, 2.24) is 4.98 Å². The smallest absolute Gasteiger partial charge is 0.323 e. The summed E-state index contributed by atoms with van der Waals surface area (Å²) in [5.41, 5.74) is -0.147. The zero-order valence-corrected chi connectivity index (χ0v) is 12.8. The quantitative estimate of drug-likeness (QED) is 0.637. The number of Topliss-reactive ketones (excluding diaryl/α,β-unsaturated/α-hetero) is 1. The van der Waals surface area contributed by atoms with Gasteiger partial charge in [0.25, 0.3) is 0 Å². The number of hydrogen-bond donors (Lipinski definition) is 1. The number of aromatic nitrogens is 1. The Morgan fingerprint density at radius 3 is 2.77 bits per heavy atom. The molecule has 1 heterocycles. The Kier molecular flexibility index (Phi) is 3.44. The molecule has 22 heavy (non-hydrogen) atoms. The van der Waals surface area contributed by atoms with E-state index in [4.69, 9.17) is 9.47 Å². The maximum atomic E-state index is 12.9. The summed E-state index contributed by atoms with van der Waals surface area (Å²) in [6.07, 6.45) is -0.223. The Bertz CT molecular complexity index is 643. The topological polar surface area (TPSA) is 85.7 Å². The van der Waals surface area contributed by atoms with E-state index in [1.165, 1.54) is 14.2 Å². The highest BCUT2D eigenvalue weighted by atomic mass is 16.5. The summed E-state index contributed by atoms with van der Waals surface area (Å²) in [4.78, 5) is 29.8. The SMILES string of the molecule is COC(=O)[C@@]12C[C@@H](C)[C@H](O)[C@@H](Cc3nc(OC)ccc31)C2=O. The van der Waals surface area contributed by atoms with Crippen LogP contribution in [0.4, 0.5) is 0 Å². The zero-order chi connectivity index (χ0) is 16.1. The number of rotatable bonds is 2. The third kappa shape index (κ3) is 1.80. The van der Waals surface area contributed by atoms with Crippen LogP contribution in [0.1, 0.15) is 24.6 Å². The maximum absolute atomic E-state index is 12.9. The Morgan fingerprint density at radius 1 is 1.41 bits per heavy atom. The highest BCUT2D eigenvalue weighted by Gasteiger charge is 2.61. The number of methoxy groups -OCH3 is 2. The maximum Gasteiger partial charge on any atom is 0.323 e. The van der Waals surface area contributed by atoms with Crippen LogP contribution in [0.15, 0.2) is 12.1 Å². The molecule has 1 aromatic heterocycles. The van der Waals surface area contributed by atoms with Gasteiger partial charge < -0.3 is 14.6 Å². The highest BCUT2D eigenvalue weighted by Crippen LogP contribution is 2.48. The molecule has 0 amide bonds. The van der Waals surface area contributed by atoms with Crippen molar-refractivity contribution in [2.24, 2.45) is 11.8 Å². The van der Waals surface area contributed by atoms with Crippen molar-refractivity contribution in [3.8, 4) is 5.88 Å². The first-order valence-corrected chi connectivity index (χ1v) is 7.31. The fourth-order valence-corrected chi connectivity index (χ4v) is 3.84. The van der Waals surface area contributed by atoms with Gasteiger partial charge in [-0.15, -0.1) is 0 Å². The van der Waals surface area contributed by atoms with Gasteiger partial charge in [-0.1, -0.05) is 13.0 Å². The molecule has 2 aliphatic carbocycles. The lowest BCUT2D eigenvalue weighted by Crippen LogP contribution is -2.60. The van der Waals surface area contributed by atoms with Gasteiger partial charge in [0.2, 0.25) is 5.88 Å². The van der Waals surface area contributed by atoms with E-state index in [1.54, 1.807) is 12.1 Å². The van der Waals surface area contributed by atoms with Crippen LogP contribution >= 0.6 is 0 Å².